The largest absolute Gasteiger partial charge is 0.480 e. The molecule has 0 aromatic heterocycles. The summed E-state index contributed by atoms with van der Waals surface area (Å²) in [6.07, 6.45) is 1.93. The Hall–Kier alpha value is -1.14. The number of nitrogens with one attached hydrogen (secondary N) is 1. The summed E-state index contributed by atoms with van der Waals surface area (Å²) < 4.78 is 5.87. The van der Waals surface area contributed by atoms with Crippen molar-refractivity contribution in [2.75, 3.05) is 13.1 Å². The van der Waals surface area contributed by atoms with Crippen LogP contribution in [0.25, 0.3) is 0 Å². The minimum absolute atomic E-state index is 0.00910. The molecule has 2 rings (SSSR count). The van der Waals surface area contributed by atoms with E-state index in [0.29, 0.717) is 25.9 Å². The predicted octanol–water partition coefficient (Wildman–Crippen LogP) is 0.608. The van der Waals surface area contributed by atoms with Crippen LogP contribution in [0.1, 0.15) is 40.0 Å². The van der Waals surface area contributed by atoms with Crippen molar-refractivity contribution in [3.05, 3.63) is 0 Å². The van der Waals surface area contributed by atoms with Crippen LogP contribution < -0.4 is 5.32 Å². The third kappa shape index (κ3) is 3.49. The first-order chi connectivity index (χ1) is 9.28. The van der Waals surface area contributed by atoms with Crippen molar-refractivity contribution in [2.24, 2.45) is 0 Å². The van der Waals surface area contributed by atoms with Gasteiger partial charge in [0.05, 0.1) is 17.7 Å². The lowest BCUT2D eigenvalue weighted by Gasteiger charge is -2.26. The quantitative estimate of drug-likeness (QED) is 0.794. The summed E-state index contributed by atoms with van der Waals surface area (Å²) in [6, 6.07) is -0.978. The molecule has 0 unspecified atom stereocenters. The average molecular weight is 284 g/mol. The summed E-state index contributed by atoms with van der Waals surface area (Å²) >= 11 is 0. The van der Waals surface area contributed by atoms with Gasteiger partial charge in [0, 0.05) is 13.1 Å². The van der Waals surface area contributed by atoms with Crippen LogP contribution in [-0.4, -0.2) is 58.8 Å². The molecule has 20 heavy (non-hydrogen) atoms. The summed E-state index contributed by atoms with van der Waals surface area (Å²) in [6.45, 7) is 7.15. The van der Waals surface area contributed by atoms with Crippen LogP contribution in [0, 0.1) is 0 Å². The molecular formula is C14H24N2O4. The lowest BCUT2D eigenvalue weighted by Crippen LogP contribution is -2.48. The number of carboxylic acids is 1. The molecule has 6 nitrogen and oxygen atoms in total. The second kappa shape index (κ2) is 5.69. The molecule has 0 radical (unpaired) electrons. The summed E-state index contributed by atoms with van der Waals surface area (Å²) in [5, 5.41) is 12.3. The summed E-state index contributed by atoms with van der Waals surface area (Å²) in [5.74, 6) is -1.01. The van der Waals surface area contributed by atoms with Gasteiger partial charge in [0.2, 0.25) is 5.91 Å². The molecule has 2 N–H and O–H groups in total. The molecule has 0 aromatic rings. The molecule has 2 aliphatic heterocycles. The molecule has 1 amide bonds. The van der Waals surface area contributed by atoms with Crippen LogP contribution in [0.4, 0.5) is 0 Å². The summed E-state index contributed by atoms with van der Waals surface area (Å²) in [5.41, 5.74) is -0.235. The van der Waals surface area contributed by atoms with Crippen molar-refractivity contribution in [3.8, 4) is 0 Å². The number of carbonyl (C=O) groups excluding carboxylic acids is 1. The molecule has 0 aliphatic carbocycles. The van der Waals surface area contributed by atoms with Crippen LogP contribution in [-0.2, 0) is 14.3 Å². The van der Waals surface area contributed by atoms with Gasteiger partial charge in [-0.1, -0.05) is 0 Å². The van der Waals surface area contributed by atoms with E-state index in [9.17, 15) is 9.59 Å². The Labute approximate surface area is 119 Å². The summed E-state index contributed by atoms with van der Waals surface area (Å²) in [7, 11) is 0. The number of hydrogen-bond donors (Lipinski definition) is 2. The van der Waals surface area contributed by atoms with E-state index in [1.807, 2.05) is 20.8 Å². The highest BCUT2D eigenvalue weighted by Crippen LogP contribution is 2.23. The number of ether oxygens (including phenoxy) is 1. The van der Waals surface area contributed by atoms with Crippen molar-refractivity contribution >= 4 is 11.9 Å². The standard InChI is InChI=1S/C14H24N2O4/c1-14(2,3)20-9-7-10(15-8-9)12(17)16-6-4-5-11(16)13(18)19/h9-11,15H,4-8H2,1-3H3,(H,18,19)/t9-,10+,11-/m1/s1. The van der Waals surface area contributed by atoms with E-state index in [-0.39, 0.29) is 23.7 Å². The van der Waals surface area contributed by atoms with Gasteiger partial charge in [-0.05, 0) is 40.0 Å². The Morgan fingerprint density at radius 3 is 2.65 bits per heavy atom. The van der Waals surface area contributed by atoms with Gasteiger partial charge in [-0.25, -0.2) is 4.79 Å². The number of carbonyl (C=O) groups is 2. The maximum absolute atomic E-state index is 12.4. The van der Waals surface area contributed by atoms with Crippen LogP contribution in [0.2, 0.25) is 0 Å². The van der Waals surface area contributed by atoms with Crippen LogP contribution in [0.5, 0.6) is 0 Å². The van der Waals surface area contributed by atoms with E-state index in [1.54, 1.807) is 0 Å². The van der Waals surface area contributed by atoms with Crippen molar-refractivity contribution < 1.29 is 19.4 Å². The molecule has 2 aliphatic rings. The highest BCUT2D eigenvalue weighted by Gasteiger charge is 2.40. The highest BCUT2D eigenvalue weighted by molar-refractivity contribution is 5.87. The molecule has 0 aromatic carbocycles. The van der Waals surface area contributed by atoms with Crippen molar-refractivity contribution in [1.82, 2.24) is 10.2 Å². The van der Waals surface area contributed by atoms with E-state index in [2.05, 4.69) is 5.32 Å². The van der Waals surface area contributed by atoms with Gasteiger partial charge < -0.3 is 20.1 Å². The third-order valence-electron chi connectivity index (χ3n) is 3.73. The van der Waals surface area contributed by atoms with Gasteiger partial charge in [-0.2, -0.15) is 0 Å². The van der Waals surface area contributed by atoms with Gasteiger partial charge in [-0.15, -0.1) is 0 Å². The maximum atomic E-state index is 12.4. The van der Waals surface area contributed by atoms with Crippen molar-refractivity contribution in [1.29, 1.82) is 0 Å². The SMILES string of the molecule is CC(C)(C)O[C@H]1CN[C@H](C(=O)N2CCC[C@@H]2C(=O)O)C1. The summed E-state index contributed by atoms with van der Waals surface area (Å²) in [4.78, 5) is 25.1. The number of amides is 1. The van der Waals surface area contributed by atoms with Crippen molar-refractivity contribution in [2.45, 2.75) is 63.8 Å². The Balaban J connectivity index is 1.93. The number of likely N-dealkylation sites (tertiary alicyclic amines) is 1. The first-order valence-electron chi connectivity index (χ1n) is 7.22. The number of carboxylic acid groups (broad SMARTS) is 1. The maximum Gasteiger partial charge on any atom is 0.326 e. The Kier molecular flexibility index (Phi) is 4.34. The fourth-order valence-corrected chi connectivity index (χ4v) is 2.97. The zero-order chi connectivity index (χ0) is 14.9. The molecular weight excluding hydrogens is 260 g/mol. The second-order valence-electron chi connectivity index (χ2n) is 6.58. The van der Waals surface area contributed by atoms with E-state index in [4.69, 9.17) is 9.84 Å². The van der Waals surface area contributed by atoms with E-state index >= 15 is 0 Å². The number of rotatable bonds is 3. The van der Waals surface area contributed by atoms with Gasteiger partial charge in [-0.3, -0.25) is 4.79 Å². The zero-order valence-corrected chi connectivity index (χ0v) is 12.4. The monoisotopic (exact) mass is 284 g/mol. The molecule has 0 spiro atoms. The predicted molar refractivity (Wildman–Crippen MR) is 73.4 cm³/mol. The highest BCUT2D eigenvalue weighted by atomic mass is 16.5. The van der Waals surface area contributed by atoms with E-state index in [1.165, 1.54) is 4.90 Å². The van der Waals surface area contributed by atoms with Crippen LogP contribution >= 0.6 is 0 Å². The number of hydrogen-bond acceptors (Lipinski definition) is 4. The first-order valence-corrected chi connectivity index (χ1v) is 7.22. The van der Waals surface area contributed by atoms with E-state index < -0.39 is 12.0 Å². The molecule has 0 bridgehead atoms. The third-order valence-corrected chi connectivity index (χ3v) is 3.73. The molecule has 2 heterocycles. The van der Waals surface area contributed by atoms with Gasteiger partial charge in [0.15, 0.2) is 0 Å². The number of nitrogens with zero attached hydrogens (tertiary/aromatic N) is 1. The molecule has 3 atom stereocenters. The fraction of sp³-hybridized carbons (Fsp3) is 0.857. The van der Waals surface area contributed by atoms with Crippen LogP contribution in [0.3, 0.4) is 0 Å². The normalized spacial score (nSPS) is 30.8. The average Bonchev–Trinajstić information content (AvgIpc) is 2.93. The Morgan fingerprint density at radius 2 is 2.05 bits per heavy atom. The molecule has 6 heteroatoms. The molecule has 2 fully saturated rings. The van der Waals surface area contributed by atoms with Crippen molar-refractivity contribution in [3.63, 3.8) is 0 Å². The molecule has 2 saturated heterocycles. The minimum Gasteiger partial charge on any atom is -0.480 e. The fourth-order valence-electron chi connectivity index (χ4n) is 2.97. The lowest BCUT2D eigenvalue weighted by molar-refractivity contribution is -0.149. The lowest BCUT2D eigenvalue weighted by atomic mass is 10.1. The topological polar surface area (TPSA) is 78.9 Å². The smallest absolute Gasteiger partial charge is 0.326 e. The molecule has 114 valence electrons. The first kappa shape index (κ1) is 15.3. The van der Waals surface area contributed by atoms with Gasteiger partial charge in [0.25, 0.3) is 0 Å². The zero-order valence-electron chi connectivity index (χ0n) is 12.4. The van der Waals surface area contributed by atoms with E-state index in [0.717, 1.165) is 6.42 Å². The van der Waals surface area contributed by atoms with Gasteiger partial charge in [0.1, 0.15) is 6.04 Å². The number of aliphatic carboxylic acids is 1. The minimum atomic E-state index is -0.906. The van der Waals surface area contributed by atoms with Gasteiger partial charge >= 0.3 is 5.97 Å². The second-order valence-corrected chi connectivity index (χ2v) is 6.58. The Morgan fingerprint density at radius 1 is 1.35 bits per heavy atom. The van der Waals surface area contributed by atoms with Crippen LogP contribution in [0.15, 0.2) is 0 Å². The Bertz CT molecular complexity index is 391. The molecule has 0 saturated carbocycles.